The van der Waals surface area contributed by atoms with Crippen LogP contribution in [0.5, 0.6) is 11.5 Å². The number of amides is 2. The van der Waals surface area contributed by atoms with Gasteiger partial charge in [-0.1, -0.05) is 12.1 Å². The van der Waals surface area contributed by atoms with Crippen molar-refractivity contribution >= 4 is 33.2 Å². The molecule has 0 aliphatic carbocycles. The van der Waals surface area contributed by atoms with Crippen LogP contribution in [-0.2, 0) is 14.8 Å². The van der Waals surface area contributed by atoms with Crippen LogP contribution in [0.3, 0.4) is 0 Å². The first-order chi connectivity index (χ1) is 12.7. The molecular weight excluding hydrogens is 374 g/mol. The van der Waals surface area contributed by atoms with Crippen LogP contribution >= 0.6 is 0 Å². The van der Waals surface area contributed by atoms with Gasteiger partial charge in [-0.2, -0.15) is 0 Å². The number of para-hydroxylation sites is 1. The summed E-state index contributed by atoms with van der Waals surface area (Å²) in [4.78, 5) is 23.5. The van der Waals surface area contributed by atoms with Crippen LogP contribution in [0.1, 0.15) is 10.4 Å². The third-order valence-electron chi connectivity index (χ3n) is 3.26. The van der Waals surface area contributed by atoms with Gasteiger partial charge in [-0.25, -0.2) is 8.42 Å². The van der Waals surface area contributed by atoms with Gasteiger partial charge in [-0.15, -0.1) is 0 Å². The zero-order chi connectivity index (χ0) is 20.0. The number of anilines is 2. The molecule has 0 aliphatic rings. The maximum Gasteiger partial charge on any atom is 0.257 e. The van der Waals surface area contributed by atoms with Crippen molar-refractivity contribution in [3.05, 3.63) is 48.0 Å². The highest BCUT2D eigenvalue weighted by Crippen LogP contribution is 2.30. The molecule has 4 N–H and O–H groups in total. The summed E-state index contributed by atoms with van der Waals surface area (Å²) in [7, 11) is -2.12. The molecule has 0 heterocycles. The van der Waals surface area contributed by atoms with Gasteiger partial charge in [0.15, 0.2) is 18.1 Å². The van der Waals surface area contributed by atoms with Crippen molar-refractivity contribution < 1.29 is 27.5 Å². The lowest BCUT2D eigenvalue weighted by atomic mass is 10.1. The van der Waals surface area contributed by atoms with E-state index in [1.165, 1.54) is 25.3 Å². The summed E-state index contributed by atoms with van der Waals surface area (Å²) in [5.41, 5.74) is 5.71. The number of carbonyl (C=O) groups is 2. The molecule has 0 saturated heterocycles. The van der Waals surface area contributed by atoms with E-state index in [-0.39, 0.29) is 23.6 Å². The molecule has 0 atom stereocenters. The van der Waals surface area contributed by atoms with E-state index < -0.39 is 21.8 Å². The van der Waals surface area contributed by atoms with Gasteiger partial charge in [0.05, 0.1) is 24.6 Å². The standard InChI is InChI=1S/C17H19N3O6S/c1-25-14-8-7-11(9-15(14)26-10-16(18)21)19-17(22)12-5-3-4-6-13(12)20-27(2,23)24/h3-9,20H,10H2,1-2H3,(H2,18,21)(H,19,22). The Morgan fingerprint density at radius 2 is 1.81 bits per heavy atom. The number of nitrogens with two attached hydrogens (primary N) is 1. The Morgan fingerprint density at radius 3 is 2.44 bits per heavy atom. The molecule has 0 unspecified atom stereocenters. The minimum Gasteiger partial charge on any atom is -0.493 e. The molecule has 0 saturated carbocycles. The van der Waals surface area contributed by atoms with Crippen molar-refractivity contribution in [1.29, 1.82) is 0 Å². The summed E-state index contributed by atoms with van der Waals surface area (Å²) < 4.78 is 35.6. The van der Waals surface area contributed by atoms with E-state index in [9.17, 15) is 18.0 Å². The van der Waals surface area contributed by atoms with Gasteiger partial charge in [-0.3, -0.25) is 14.3 Å². The lowest BCUT2D eigenvalue weighted by Crippen LogP contribution is -2.20. The number of sulfonamides is 1. The van der Waals surface area contributed by atoms with Gasteiger partial charge < -0.3 is 20.5 Å². The second-order valence-electron chi connectivity index (χ2n) is 5.49. The maximum absolute atomic E-state index is 12.6. The number of primary amides is 1. The van der Waals surface area contributed by atoms with E-state index in [4.69, 9.17) is 15.2 Å². The molecule has 144 valence electrons. The summed E-state index contributed by atoms with van der Waals surface area (Å²) in [6.07, 6.45) is 0.994. The van der Waals surface area contributed by atoms with Crippen LogP contribution in [0, 0.1) is 0 Å². The Labute approximate surface area is 156 Å². The lowest BCUT2D eigenvalue weighted by molar-refractivity contribution is -0.119. The molecule has 0 spiro atoms. The minimum absolute atomic E-state index is 0.137. The molecule has 0 aliphatic heterocycles. The molecule has 2 rings (SSSR count). The highest BCUT2D eigenvalue weighted by Gasteiger charge is 2.15. The fourth-order valence-corrected chi connectivity index (χ4v) is 2.76. The number of hydrogen-bond acceptors (Lipinski definition) is 6. The average molecular weight is 393 g/mol. The molecule has 27 heavy (non-hydrogen) atoms. The van der Waals surface area contributed by atoms with Crippen LogP contribution in [0.4, 0.5) is 11.4 Å². The molecule has 10 heteroatoms. The zero-order valence-corrected chi connectivity index (χ0v) is 15.5. The van der Waals surface area contributed by atoms with Crippen molar-refractivity contribution in [2.24, 2.45) is 5.73 Å². The number of hydrogen-bond donors (Lipinski definition) is 3. The molecule has 2 amide bonds. The summed E-state index contributed by atoms with van der Waals surface area (Å²) >= 11 is 0. The van der Waals surface area contributed by atoms with E-state index >= 15 is 0 Å². The third-order valence-corrected chi connectivity index (χ3v) is 3.85. The number of methoxy groups -OCH3 is 1. The number of carbonyl (C=O) groups excluding carboxylic acids is 2. The number of ether oxygens (including phenoxy) is 2. The average Bonchev–Trinajstić information content (AvgIpc) is 2.59. The highest BCUT2D eigenvalue weighted by atomic mass is 32.2. The molecule has 0 aromatic heterocycles. The maximum atomic E-state index is 12.6. The quantitative estimate of drug-likeness (QED) is 0.616. The van der Waals surface area contributed by atoms with E-state index in [1.54, 1.807) is 24.3 Å². The lowest BCUT2D eigenvalue weighted by Gasteiger charge is -2.13. The Balaban J connectivity index is 2.26. The number of nitrogens with one attached hydrogen (secondary N) is 2. The van der Waals surface area contributed by atoms with E-state index in [1.807, 2.05) is 0 Å². The zero-order valence-electron chi connectivity index (χ0n) is 14.7. The van der Waals surface area contributed by atoms with Crippen LogP contribution in [-0.4, -0.2) is 40.2 Å². The Kier molecular flexibility index (Phi) is 6.24. The molecule has 0 radical (unpaired) electrons. The summed E-state index contributed by atoms with van der Waals surface area (Å²) in [5, 5.41) is 2.64. The van der Waals surface area contributed by atoms with Crippen LogP contribution in [0.2, 0.25) is 0 Å². The van der Waals surface area contributed by atoms with Crippen molar-refractivity contribution in [3.63, 3.8) is 0 Å². The van der Waals surface area contributed by atoms with Gasteiger partial charge >= 0.3 is 0 Å². The topological polar surface area (TPSA) is 137 Å². The third kappa shape index (κ3) is 5.89. The van der Waals surface area contributed by atoms with E-state index in [0.717, 1.165) is 6.26 Å². The van der Waals surface area contributed by atoms with E-state index in [0.29, 0.717) is 11.4 Å². The Hall–Kier alpha value is -3.27. The SMILES string of the molecule is COc1ccc(NC(=O)c2ccccc2NS(C)(=O)=O)cc1OCC(N)=O. The highest BCUT2D eigenvalue weighted by molar-refractivity contribution is 7.92. The van der Waals surface area contributed by atoms with Crippen molar-refractivity contribution in [2.45, 2.75) is 0 Å². The number of benzene rings is 2. The first-order valence-corrected chi connectivity index (χ1v) is 9.56. The molecule has 2 aromatic rings. The Morgan fingerprint density at radius 1 is 1.11 bits per heavy atom. The normalized spacial score (nSPS) is 10.7. The molecular formula is C17H19N3O6S. The monoisotopic (exact) mass is 393 g/mol. The largest absolute Gasteiger partial charge is 0.493 e. The predicted molar refractivity (Wildman–Crippen MR) is 101 cm³/mol. The van der Waals surface area contributed by atoms with E-state index in [2.05, 4.69) is 10.0 Å². The molecule has 9 nitrogen and oxygen atoms in total. The summed E-state index contributed by atoms with van der Waals surface area (Å²) in [6, 6.07) is 10.8. The van der Waals surface area contributed by atoms with Gasteiger partial charge in [0.1, 0.15) is 0 Å². The Bertz CT molecular complexity index is 959. The van der Waals surface area contributed by atoms with Crippen molar-refractivity contribution in [2.75, 3.05) is 30.0 Å². The van der Waals surface area contributed by atoms with Crippen LogP contribution in [0.15, 0.2) is 42.5 Å². The van der Waals surface area contributed by atoms with Crippen molar-refractivity contribution in [1.82, 2.24) is 0 Å². The first kappa shape index (κ1) is 20.0. The second-order valence-corrected chi connectivity index (χ2v) is 7.24. The summed E-state index contributed by atoms with van der Waals surface area (Å²) in [5.74, 6) is -0.620. The van der Waals surface area contributed by atoms with Gasteiger partial charge in [0.25, 0.3) is 11.8 Å². The van der Waals surface area contributed by atoms with Gasteiger partial charge in [0.2, 0.25) is 10.0 Å². The van der Waals surface area contributed by atoms with Gasteiger partial charge in [-0.05, 0) is 24.3 Å². The minimum atomic E-state index is -3.55. The molecule has 0 bridgehead atoms. The number of rotatable bonds is 8. The smallest absolute Gasteiger partial charge is 0.257 e. The molecule has 2 aromatic carbocycles. The fourth-order valence-electron chi connectivity index (χ4n) is 2.18. The molecule has 0 fully saturated rings. The second kappa shape index (κ2) is 8.41. The summed E-state index contributed by atoms with van der Waals surface area (Å²) in [6.45, 7) is -0.352. The predicted octanol–water partition coefficient (Wildman–Crippen LogP) is 1.18. The van der Waals surface area contributed by atoms with Crippen molar-refractivity contribution in [3.8, 4) is 11.5 Å². The van der Waals surface area contributed by atoms with Crippen LogP contribution in [0.25, 0.3) is 0 Å². The van der Waals surface area contributed by atoms with Gasteiger partial charge in [0, 0.05) is 11.8 Å². The fraction of sp³-hybridized carbons (Fsp3) is 0.176. The van der Waals surface area contributed by atoms with Crippen LogP contribution < -0.4 is 25.2 Å². The first-order valence-electron chi connectivity index (χ1n) is 7.67.